The van der Waals surface area contributed by atoms with Gasteiger partial charge in [0, 0.05) is 29.7 Å². The van der Waals surface area contributed by atoms with E-state index in [1.54, 1.807) is 16.2 Å². The number of anilines is 1. The van der Waals surface area contributed by atoms with Gasteiger partial charge in [0.2, 0.25) is 5.91 Å². The molecule has 9 heteroatoms. The smallest absolute Gasteiger partial charge is 0.345 e. The number of urea groups is 1. The van der Waals surface area contributed by atoms with Gasteiger partial charge in [0.1, 0.15) is 6.04 Å². The van der Waals surface area contributed by atoms with Gasteiger partial charge >= 0.3 is 6.03 Å². The molecule has 1 aromatic heterocycles. The first-order chi connectivity index (χ1) is 15.6. The summed E-state index contributed by atoms with van der Waals surface area (Å²) >= 11 is 3.56. The highest BCUT2D eigenvalue weighted by Gasteiger charge is 2.49. The lowest BCUT2D eigenvalue weighted by Crippen LogP contribution is -2.48. The molecule has 2 aromatic carbocycles. The lowest BCUT2D eigenvalue weighted by molar-refractivity contribution is -0.134. The van der Waals surface area contributed by atoms with E-state index in [1.165, 1.54) is 5.01 Å². The van der Waals surface area contributed by atoms with Gasteiger partial charge in [-0.3, -0.25) is 14.7 Å². The molecule has 1 unspecified atom stereocenters. The minimum atomic E-state index is -0.458. The van der Waals surface area contributed by atoms with Crippen molar-refractivity contribution >= 4 is 50.4 Å². The summed E-state index contributed by atoms with van der Waals surface area (Å²) in [6.45, 7) is 3.12. The molecular weight excluding hydrogens is 472 g/mol. The average Bonchev–Trinajstić information content (AvgIpc) is 3.49. The van der Waals surface area contributed by atoms with Crippen molar-refractivity contribution in [3.8, 4) is 0 Å². The summed E-state index contributed by atoms with van der Waals surface area (Å²) in [7, 11) is 0. The highest BCUT2D eigenvalue weighted by molar-refractivity contribution is 9.10. The summed E-state index contributed by atoms with van der Waals surface area (Å²) < 4.78 is 0.914. The van der Waals surface area contributed by atoms with E-state index in [1.807, 2.05) is 49.4 Å². The molecule has 0 saturated carbocycles. The van der Waals surface area contributed by atoms with Crippen molar-refractivity contribution in [2.75, 3.05) is 18.0 Å². The molecule has 2 fully saturated rings. The third kappa shape index (κ3) is 3.46. The van der Waals surface area contributed by atoms with Crippen molar-refractivity contribution in [1.29, 1.82) is 0 Å². The van der Waals surface area contributed by atoms with Gasteiger partial charge in [-0.25, -0.2) is 14.8 Å². The topological polar surface area (TPSA) is 84.9 Å². The Morgan fingerprint density at radius 3 is 2.84 bits per heavy atom. The van der Waals surface area contributed by atoms with Crippen LogP contribution in [0.25, 0.3) is 11.0 Å². The van der Waals surface area contributed by atoms with Crippen LogP contribution in [0.15, 0.2) is 58.3 Å². The third-order valence-corrected chi connectivity index (χ3v) is 6.23. The van der Waals surface area contributed by atoms with Gasteiger partial charge in [-0.05, 0) is 48.7 Å². The van der Waals surface area contributed by atoms with Crippen molar-refractivity contribution in [3.63, 3.8) is 0 Å². The highest BCUT2D eigenvalue weighted by Crippen LogP contribution is 2.39. The molecule has 164 valence electrons. The fourth-order valence-electron chi connectivity index (χ4n) is 4.30. The normalized spacial score (nSPS) is 20.4. The number of hydrazine groups is 1. The standard InChI is InChI=1S/C23H23BrN6O2/c1-2-10-25-22-21(15-5-3-6-16(24)12-15)29(17-8-9-18-19(13-17)27-14-26-18)23(32)30(22)28-11-4-7-20(28)31/h3,5-6,8-9,12-14,21H,2,4,7,10-11H2,1H3,(H,26,27). The predicted octanol–water partition coefficient (Wildman–Crippen LogP) is 4.65. The molecule has 2 aliphatic rings. The first-order valence-electron chi connectivity index (χ1n) is 10.7. The fourth-order valence-corrected chi connectivity index (χ4v) is 4.72. The van der Waals surface area contributed by atoms with E-state index in [0.717, 1.165) is 39.6 Å². The number of fused-ring (bicyclic) bond motifs is 1. The van der Waals surface area contributed by atoms with Crippen LogP contribution in [0.1, 0.15) is 37.8 Å². The Morgan fingerprint density at radius 2 is 2.09 bits per heavy atom. The van der Waals surface area contributed by atoms with Crippen LogP contribution in [0, 0.1) is 0 Å². The van der Waals surface area contributed by atoms with Crippen LogP contribution in [0.2, 0.25) is 0 Å². The fraction of sp³-hybridized carbons (Fsp3) is 0.304. The zero-order chi connectivity index (χ0) is 22.2. The minimum absolute atomic E-state index is 0.0542. The van der Waals surface area contributed by atoms with Gasteiger partial charge in [0.05, 0.1) is 17.4 Å². The number of aromatic amines is 1. The van der Waals surface area contributed by atoms with Crippen molar-refractivity contribution in [2.24, 2.45) is 4.99 Å². The molecule has 0 aliphatic carbocycles. The van der Waals surface area contributed by atoms with E-state index in [4.69, 9.17) is 4.99 Å². The average molecular weight is 495 g/mol. The molecule has 5 rings (SSSR count). The summed E-state index contributed by atoms with van der Waals surface area (Å²) in [4.78, 5) is 40.5. The number of halogens is 1. The summed E-state index contributed by atoms with van der Waals surface area (Å²) in [5, 5.41) is 3.05. The maximum atomic E-state index is 13.9. The summed E-state index contributed by atoms with van der Waals surface area (Å²) in [5.41, 5.74) is 3.30. The second-order valence-corrected chi connectivity index (χ2v) is 8.80. The van der Waals surface area contributed by atoms with E-state index in [0.29, 0.717) is 25.3 Å². The van der Waals surface area contributed by atoms with Gasteiger partial charge in [0.25, 0.3) is 0 Å². The van der Waals surface area contributed by atoms with Crippen LogP contribution in [0.4, 0.5) is 10.5 Å². The number of rotatable bonds is 5. The Labute approximate surface area is 194 Å². The number of carbonyl (C=O) groups is 2. The summed E-state index contributed by atoms with van der Waals surface area (Å²) in [5.74, 6) is 0.524. The first kappa shape index (κ1) is 20.7. The zero-order valence-corrected chi connectivity index (χ0v) is 19.2. The van der Waals surface area contributed by atoms with Crippen molar-refractivity contribution < 1.29 is 9.59 Å². The molecule has 32 heavy (non-hydrogen) atoms. The van der Waals surface area contributed by atoms with Crippen LogP contribution < -0.4 is 4.90 Å². The quantitative estimate of drug-likeness (QED) is 0.559. The third-order valence-electron chi connectivity index (χ3n) is 5.74. The number of benzene rings is 2. The number of aromatic nitrogens is 2. The van der Waals surface area contributed by atoms with Crippen LogP contribution in [-0.4, -0.2) is 50.8 Å². The largest absolute Gasteiger partial charge is 0.350 e. The molecule has 3 amide bonds. The van der Waals surface area contributed by atoms with Gasteiger partial charge < -0.3 is 4.98 Å². The molecule has 1 N–H and O–H groups in total. The van der Waals surface area contributed by atoms with Gasteiger partial charge in [-0.2, -0.15) is 5.01 Å². The lowest BCUT2D eigenvalue weighted by Gasteiger charge is -2.27. The molecule has 3 aromatic rings. The van der Waals surface area contributed by atoms with Crippen LogP contribution in [0.3, 0.4) is 0 Å². The van der Waals surface area contributed by atoms with E-state index in [2.05, 4.69) is 25.9 Å². The highest BCUT2D eigenvalue weighted by atomic mass is 79.9. The van der Waals surface area contributed by atoms with Crippen molar-refractivity contribution in [2.45, 2.75) is 32.2 Å². The Kier molecular flexibility index (Phi) is 5.42. The Balaban J connectivity index is 1.69. The van der Waals surface area contributed by atoms with Gasteiger partial charge in [0.15, 0.2) is 5.84 Å². The van der Waals surface area contributed by atoms with Crippen molar-refractivity contribution in [1.82, 2.24) is 20.0 Å². The minimum Gasteiger partial charge on any atom is -0.345 e. The number of hydrogen-bond acceptors (Lipinski definition) is 4. The van der Waals surface area contributed by atoms with Crippen LogP contribution in [0.5, 0.6) is 0 Å². The Morgan fingerprint density at radius 1 is 1.22 bits per heavy atom. The molecule has 8 nitrogen and oxygen atoms in total. The monoisotopic (exact) mass is 494 g/mol. The first-order valence-corrected chi connectivity index (χ1v) is 11.5. The predicted molar refractivity (Wildman–Crippen MR) is 126 cm³/mol. The molecule has 2 aliphatic heterocycles. The van der Waals surface area contributed by atoms with E-state index >= 15 is 0 Å². The molecule has 1 atom stereocenters. The van der Waals surface area contributed by atoms with Crippen LogP contribution in [-0.2, 0) is 4.79 Å². The molecular formula is C23H23BrN6O2. The second kappa shape index (κ2) is 8.38. The number of nitrogens with zero attached hydrogens (tertiary/aromatic N) is 5. The number of hydrogen-bond donors (Lipinski definition) is 1. The number of imidazole rings is 1. The van der Waals surface area contributed by atoms with E-state index in [9.17, 15) is 9.59 Å². The number of amidine groups is 1. The van der Waals surface area contributed by atoms with E-state index in [-0.39, 0.29) is 11.9 Å². The molecule has 0 bridgehead atoms. The molecule has 3 heterocycles. The Hall–Kier alpha value is -3.20. The van der Waals surface area contributed by atoms with E-state index < -0.39 is 6.04 Å². The molecule has 0 radical (unpaired) electrons. The Bertz CT molecular complexity index is 1220. The number of amides is 3. The van der Waals surface area contributed by atoms with Crippen LogP contribution >= 0.6 is 15.9 Å². The van der Waals surface area contributed by atoms with Gasteiger partial charge in [-0.15, -0.1) is 0 Å². The number of H-pyrrole nitrogens is 1. The van der Waals surface area contributed by atoms with Crippen molar-refractivity contribution in [3.05, 3.63) is 58.8 Å². The number of nitrogens with one attached hydrogen (secondary N) is 1. The molecule has 2 saturated heterocycles. The number of carbonyl (C=O) groups excluding carboxylic acids is 2. The molecule has 0 spiro atoms. The maximum absolute atomic E-state index is 13.9. The summed E-state index contributed by atoms with van der Waals surface area (Å²) in [6.07, 6.45) is 3.64. The summed E-state index contributed by atoms with van der Waals surface area (Å²) in [6, 6.07) is 12.8. The number of aliphatic imine (C=N–C) groups is 1. The SMILES string of the molecule is CCCN=C1C(c2cccc(Br)c2)N(c2ccc3nc[nH]c3c2)C(=O)N1N1CCCC1=O. The maximum Gasteiger partial charge on any atom is 0.350 e. The zero-order valence-electron chi connectivity index (χ0n) is 17.7. The van der Waals surface area contributed by atoms with Gasteiger partial charge in [-0.1, -0.05) is 35.0 Å². The lowest BCUT2D eigenvalue weighted by atomic mass is 10.0. The second-order valence-electron chi connectivity index (χ2n) is 7.89.